The summed E-state index contributed by atoms with van der Waals surface area (Å²) in [6.45, 7) is 0.683. The van der Waals surface area contributed by atoms with Gasteiger partial charge in [0.1, 0.15) is 11.6 Å². The molecule has 3 aromatic rings. The third kappa shape index (κ3) is 4.07. The van der Waals surface area contributed by atoms with Gasteiger partial charge in [-0.3, -0.25) is 4.79 Å². The number of amides is 1. The molecule has 0 atom stereocenters. The molecule has 31 heavy (non-hydrogen) atoms. The van der Waals surface area contributed by atoms with E-state index in [-0.39, 0.29) is 31.9 Å². The smallest absolute Gasteiger partial charge is 0.366 e. The van der Waals surface area contributed by atoms with Crippen molar-refractivity contribution in [3.8, 4) is 5.69 Å². The van der Waals surface area contributed by atoms with Crippen molar-refractivity contribution in [1.29, 1.82) is 0 Å². The van der Waals surface area contributed by atoms with E-state index in [0.29, 0.717) is 10.4 Å². The van der Waals surface area contributed by atoms with Crippen LogP contribution in [-0.4, -0.2) is 52.0 Å². The third-order valence-electron chi connectivity index (χ3n) is 4.97. The standard InChI is InChI=1S/C20H16F5N5O/c21-13-5-7-14(8-6-13)30-18(20(23,24)25)17(26-27-30)19(31)29-11-9-28(10-12-29)16-4-2-1-3-15(16)22/h1-8H,9-12H2. The third-order valence-corrected chi connectivity index (χ3v) is 4.97. The second-order valence-corrected chi connectivity index (χ2v) is 6.90. The highest BCUT2D eigenvalue weighted by Crippen LogP contribution is 2.33. The molecule has 2 heterocycles. The van der Waals surface area contributed by atoms with Crippen LogP contribution in [0.3, 0.4) is 0 Å². The van der Waals surface area contributed by atoms with Gasteiger partial charge in [-0.15, -0.1) is 5.10 Å². The maximum atomic E-state index is 14.0. The molecule has 1 amide bonds. The number of aromatic nitrogens is 3. The number of hydrogen-bond donors (Lipinski definition) is 0. The molecule has 0 aliphatic carbocycles. The molecule has 1 aliphatic rings. The van der Waals surface area contributed by atoms with E-state index in [9.17, 15) is 26.7 Å². The van der Waals surface area contributed by atoms with E-state index in [1.54, 1.807) is 23.1 Å². The van der Waals surface area contributed by atoms with Gasteiger partial charge >= 0.3 is 6.18 Å². The molecular formula is C20H16F5N5O. The van der Waals surface area contributed by atoms with E-state index in [1.165, 1.54) is 11.0 Å². The van der Waals surface area contributed by atoms with Gasteiger partial charge in [0.05, 0.1) is 11.4 Å². The molecule has 1 fully saturated rings. The summed E-state index contributed by atoms with van der Waals surface area (Å²) in [6, 6.07) is 10.3. The van der Waals surface area contributed by atoms with Crippen molar-refractivity contribution in [3.05, 3.63) is 71.6 Å². The largest absolute Gasteiger partial charge is 0.435 e. The van der Waals surface area contributed by atoms with Crippen molar-refractivity contribution >= 4 is 11.6 Å². The van der Waals surface area contributed by atoms with Gasteiger partial charge in [0.25, 0.3) is 5.91 Å². The predicted molar refractivity (Wildman–Crippen MR) is 101 cm³/mol. The van der Waals surface area contributed by atoms with Crippen molar-refractivity contribution in [2.45, 2.75) is 6.18 Å². The molecule has 1 aliphatic heterocycles. The highest BCUT2D eigenvalue weighted by Gasteiger charge is 2.43. The first-order valence-electron chi connectivity index (χ1n) is 9.33. The quantitative estimate of drug-likeness (QED) is 0.589. The first-order chi connectivity index (χ1) is 14.8. The van der Waals surface area contributed by atoms with Gasteiger partial charge in [-0.05, 0) is 36.4 Å². The number of hydrogen-bond acceptors (Lipinski definition) is 4. The number of nitrogens with zero attached hydrogens (tertiary/aromatic N) is 5. The Morgan fingerprint density at radius 1 is 0.903 bits per heavy atom. The van der Waals surface area contributed by atoms with Crippen LogP contribution in [0.5, 0.6) is 0 Å². The van der Waals surface area contributed by atoms with Crippen LogP contribution in [0.1, 0.15) is 16.2 Å². The van der Waals surface area contributed by atoms with E-state index in [4.69, 9.17) is 0 Å². The summed E-state index contributed by atoms with van der Waals surface area (Å²) in [5.74, 6) is -1.96. The molecule has 0 bridgehead atoms. The van der Waals surface area contributed by atoms with Gasteiger partial charge in [0.2, 0.25) is 0 Å². The van der Waals surface area contributed by atoms with Gasteiger partial charge in [-0.1, -0.05) is 17.3 Å². The Balaban J connectivity index is 1.58. The van der Waals surface area contributed by atoms with E-state index in [1.807, 2.05) is 0 Å². The fourth-order valence-corrected chi connectivity index (χ4v) is 3.45. The lowest BCUT2D eigenvalue weighted by Crippen LogP contribution is -2.49. The van der Waals surface area contributed by atoms with Gasteiger partial charge in [0.15, 0.2) is 11.4 Å². The zero-order valence-electron chi connectivity index (χ0n) is 16.0. The van der Waals surface area contributed by atoms with Gasteiger partial charge in [-0.2, -0.15) is 13.2 Å². The lowest BCUT2D eigenvalue weighted by Gasteiger charge is -2.36. The summed E-state index contributed by atoms with van der Waals surface area (Å²) in [4.78, 5) is 15.8. The molecule has 0 N–H and O–H groups in total. The Hall–Kier alpha value is -3.50. The van der Waals surface area contributed by atoms with Crippen molar-refractivity contribution in [1.82, 2.24) is 19.9 Å². The van der Waals surface area contributed by atoms with E-state index < -0.39 is 35.1 Å². The highest BCUT2D eigenvalue weighted by molar-refractivity contribution is 5.93. The normalized spacial score (nSPS) is 14.7. The minimum absolute atomic E-state index is 0.0790. The summed E-state index contributed by atoms with van der Waals surface area (Å²) in [5.41, 5.74) is -1.88. The number of benzene rings is 2. The maximum Gasteiger partial charge on any atom is 0.435 e. The summed E-state index contributed by atoms with van der Waals surface area (Å²) < 4.78 is 68.9. The Morgan fingerprint density at radius 3 is 2.16 bits per heavy atom. The van der Waals surface area contributed by atoms with Crippen molar-refractivity contribution < 1.29 is 26.7 Å². The fourth-order valence-electron chi connectivity index (χ4n) is 3.45. The molecule has 1 aromatic heterocycles. The summed E-state index contributed by atoms with van der Waals surface area (Å²) >= 11 is 0. The van der Waals surface area contributed by atoms with Crippen LogP contribution in [0.15, 0.2) is 48.5 Å². The monoisotopic (exact) mass is 437 g/mol. The summed E-state index contributed by atoms with van der Waals surface area (Å²) in [6.07, 6.45) is -4.92. The lowest BCUT2D eigenvalue weighted by molar-refractivity contribution is -0.143. The van der Waals surface area contributed by atoms with Crippen LogP contribution in [0.25, 0.3) is 5.69 Å². The fraction of sp³-hybridized carbons (Fsp3) is 0.250. The van der Waals surface area contributed by atoms with E-state index >= 15 is 0 Å². The average Bonchev–Trinajstić information content (AvgIpc) is 3.20. The molecule has 0 radical (unpaired) electrons. The number of halogens is 5. The minimum Gasteiger partial charge on any atom is -0.366 e. The van der Waals surface area contributed by atoms with E-state index in [0.717, 1.165) is 24.3 Å². The summed E-state index contributed by atoms with van der Waals surface area (Å²) in [7, 11) is 0. The number of piperazine rings is 1. The Labute approximate surface area is 173 Å². The number of para-hydroxylation sites is 1. The summed E-state index contributed by atoms with van der Waals surface area (Å²) in [5, 5.41) is 6.97. The second-order valence-electron chi connectivity index (χ2n) is 6.90. The van der Waals surface area contributed by atoms with Crippen LogP contribution in [-0.2, 0) is 6.18 Å². The molecule has 4 rings (SSSR count). The van der Waals surface area contributed by atoms with Crippen LogP contribution in [0.2, 0.25) is 0 Å². The number of carbonyl (C=O) groups excluding carboxylic acids is 1. The molecule has 11 heteroatoms. The van der Waals surface area contributed by atoms with Gasteiger partial charge < -0.3 is 9.80 Å². The lowest BCUT2D eigenvalue weighted by atomic mass is 10.2. The molecule has 6 nitrogen and oxygen atoms in total. The van der Waals surface area contributed by atoms with Gasteiger partial charge in [-0.25, -0.2) is 13.5 Å². The first-order valence-corrected chi connectivity index (χ1v) is 9.33. The zero-order valence-corrected chi connectivity index (χ0v) is 16.0. The van der Waals surface area contributed by atoms with Crippen LogP contribution < -0.4 is 4.90 Å². The molecular weight excluding hydrogens is 421 g/mol. The highest BCUT2D eigenvalue weighted by atomic mass is 19.4. The molecule has 0 spiro atoms. The first kappa shape index (κ1) is 20.8. The number of carbonyl (C=O) groups is 1. The molecule has 162 valence electrons. The van der Waals surface area contributed by atoms with Crippen LogP contribution >= 0.6 is 0 Å². The van der Waals surface area contributed by atoms with Crippen molar-refractivity contribution in [2.75, 3.05) is 31.1 Å². The molecule has 0 unspecified atom stereocenters. The number of rotatable bonds is 3. The molecule has 2 aromatic carbocycles. The zero-order chi connectivity index (χ0) is 22.2. The van der Waals surface area contributed by atoms with Crippen molar-refractivity contribution in [3.63, 3.8) is 0 Å². The van der Waals surface area contributed by atoms with Crippen molar-refractivity contribution in [2.24, 2.45) is 0 Å². The molecule has 1 saturated heterocycles. The topological polar surface area (TPSA) is 54.3 Å². The Bertz CT molecular complexity index is 1090. The average molecular weight is 437 g/mol. The minimum atomic E-state index is -4.92. The second kappa shape index (κ2) is 7.97. The van der Waals surface area contributed by atoms with Crippen LogP contribution in [0.4, 0.5) is 27.6 Å². The number of alkyl halides is 3. The Kier molecular flexibility index (Phi) is 5.34. The SMILES string of the molecule is O=C(c1nnn(-c2ccc(F)cc2)c1C(F)(F)F)N1CCN(c2ccccc2F)CC1. The van der Waals surface area contributed by atoms with Crippen LogP contribution in [0, 0.1) is 11.6 Å². The Morgan fingerprint density at radius 2 is 1.55 bits per heavy atom. The maximum absolute atomic E-state index is 14.0. The molecule has 0 saturated carbocycles. The number of anilines is 1. The van der Waals surface area contributed by atoms with Gasteiger partial charge in [0, 0.05) is 26.2 Å². The van der Waals surface area contributed by atoms with E-state index in [2.05, 4.69) is 10.3 Å². The predicted octanol–water partition coefficient (Wildman–Crippen LogP) is 3.53.